The number of halogens is 1. The number of nitrogens with one attached hydrogen (secondary N) is 1. The normalized spacial score (nSPS) is 19.6. The van der Waals surface area contributed by atoms with Gasteiger partial charge in [-0.2, -0.15) is 4.98 Å². The molecule has 1 aliphatic carbocycles. The van der Waals surface area contributed by atoms with Gasteiger partial charge in [0.05, 0.1) is 5.56 Å². The molecule has 1 unspecified atom stereocenters. The van der Waals surface area contributed by atoms with Crippen LogP contribution in [0.5, 0.6) is 0 Å². The minimum absolute atomic E-state index is 0.121. The number of hydrogen-bond acceptors (Lipinski definition) is 4. The summed E-state index contributed by atoms with van der Waals surface area (Å²) in [4.78, 5) is 17.9. The first kappa shape index (κ1) is 20.6. The third kappa shape index (κ3) is 3.44. The van der Waals surface area contributed by atoms with Crippen LogP contribution in [0.2, 0.25) is 0 Å². The molecule has 5 nitrogen and oxygen atoms in total. The molecule has 0 amide bonds. The summed E-state index contributed by atoms with van der Waals surface area (Å²) in [6, 6.07) is 14.4. The van der Waals surface area contributed by atoms with E-state index in [0.29, 0.717) is 29.7 Å². The molecule has 3 aromatic rings. The molecule has 0 fully saturated rings. The summed E-state index contributed by atoms with van der Waals surface area (Å²) in [5, 5.41) is 8.03. The van der Waals surface area contributed by atoms with Gasteiger partial charge in [0.15, 0.2) is 11.6 Å². The highest BCUT2D eigenvalue weighted by Crippen LogP contribution is 2.45. The van der Waals surface area contributed by atoms with Crippen LogP contribution in [-0.4, -0.2) is 20.5 Å². The number of carbonyl (C=O) groups excluding carboxylic acids is 1. The summed E-state index contributed by atoms with van der Waals surface area (Å²) >= 11 is 0. The van der Waals surface area contributed by atoms with Crippen molar-refractivity contribution in [1.29, 1.82) is 0 Å². The van der Waals surface area contributed by atoms with E-state index in [-0.39, 0.29) is 23.1 Å². The van der Waals surface area contributed by atoms with Crippen molar-refractivity contribution >= 4 is 11.7 Å². The SMILES string of the molecule is CC(C)c1ccc(C2C3=C(CC(C)(C)CC3=O)Nc3nc(-c4ccccc4F)nn32)cc1. The summed E-state index contributed by atoms with van der Waals surface area (Å²) in [5.41, 5.74) is 4.05. The van der Waals surface area contributed by atoms with Crippen molar-refractivity contribution in [2.75, 3.05) is 5.32 Å². The third-order valence-corrected chi connectivity index (χ3v) is 6.37. The van der Waals surface area contributed by atoms with Gasteiger partial charge in [0.25, 0.3) is 0 Å². The molecule has 164 valence electrons. The lowest BCUT2D eigenvalue weighted by Crippen LogP contribution is -2.36. The highest BCUT2D eigenvalue weighted by Gasteiger charge is 2.42. The molecule has 2 heterocycles. The molecular weight excluding hydrogens is 403 g/mol. The number of Topliss-reactive ketones (excluding diaryl/α,β-unsaturated/α-hetero) is 1. The maximum absolute atomic E-state index is 14.5. The van der Waals surface area contributed by atoms with E-state index in [1.807, 2.05) is 0 Å². The summed E-state index contributed by atoms with van der Waals surface area (Å²) in [7, 11) is 0. The molecule has 1 aliphatic heterocycles. The molecule has 1 N–H and O–H groups in total. The van der Waals surface area contributed by atoms with Crippen molar-refractivity contribution in [3.05, 3.63) is 76.7 Å². The molecule has 5 rings (SSSR count). The van der Waals surface area contributed by atoms with E-state index in [0.717, 1.165) is 23.3 Å². The monoisotopic (exact) mass is 430 g/mol. The van der Waals surface area contributed by atoms with Gasteiger partial charge in [-0.25, -0.2) is 9.07 Å². The summed E-state index contributed by atoms with van der Waals surface area (Å²) in [6.45, 7) is 8.52. The average molecular weight is 431 g/mol. The van der Waals surface area contributed by atoms with Crippen LogP contribution in [0.1, 0.15) is 63.6 Å². The van der Waals surface area contributed by atoms with Crippen molar-refractivity contribution in [3.63, 3.8) is 0 Å². The molecular formula is C26H27FN4O. The van der Waals surface area contributed by atoms with Gasteiger partial charge >= 0.3 is 0 Å². The molecule has 0 saturated heterocycles. The van der Waals surface area contributed by atoms with E-state index in [2.05, 4.69) is 67.4 Å². The maximum Gasteiger partial charge on any atom is 0.226 e. The van der Waals surface area contributed by atoms with Crippen molar-refractivity contribution in [3.8, 4) is 11.4 Å². The predicted molar refractivity (Wildman–Crippen MR) is 123 cm³/mol. The highest BCUT2D eigenvalue weighted by atomic mass is 19.1. The fourth-order valence-corrected chi connectivity index (χ4v) is 4.74. The largest absolute Gasteiger partial charge is 0.328 e. The lowest BCUT2D eigenvalue weighted by molar-refractivity contribution is -0.118. The molecule has 0 saturated carbocycles. The second kappa shape index (κ2) is 7.40. The summed E-state index contributed by atoms with van der Waals surface area (Å²) in [6.07, 6.45) is 1.23. The number of hydrogen-bond donors (Lipinski definition) is 1. The number of anilines is 1. The molecule has 0 spiro atoms. The standard InChI is InChI=1S/C26H27FN4O/c1-15(2)16-9-11-17(12-10-16)23-22-20(13-26(3,4)14-21(22)32)28-25-29-24(30-31(23)25)18-7-5-6-8-19(18)27/h5-12,15,23H,13-14H2,1-4H3,(H,28,29,30). The zero-order valence-electron chi connectivity index (χ0n) is 18.8. The second-order valence-corrected chi connectivity index (χ2v) is 9.87. The Morgan fingerprint density at radius 2 is 1.81 bits per heavy atom. The number of fused-ring (bicyclic) bond motifs is 1. The van der Waals surface area contributed by atoms with Crippen LogP contribution in [0.25, 0.3) is 11.4 Å². The molecule has 0 bridgehead atoms. The maximum atomic E-state index is 14.5. The Hall–Kier alpha value is -3.28. The summed E-state index contributed by atoms with van der Waals surface area (Å²) < 4.78 is 16.2. The fraction of sp³-hybridized carbons (Fsp3) is 0.346. The van der Waals surface area contributed by atoms with Crippen molar-refractivity contribution < 1.29 is 9.18 Å². The zero-order chi connectivity index (χ0) is 22.6. The number of benzene rings is 2. The average Bonchev–Trinajstić information content (AvgIpc) is 3.15. The molecule has 2 aromatic carbocycles. The summed E-state index contributed by atoms with van der Waals surface area (Å²) in [5.74, 6) is 1.00. The van der Waals surface area contributed by atoms with Crippen LogP contribution in [0.4, 0.5) is 10.3 Å². The van der Waals surface area contributed by atoms with Crippen LogP contribution in [0.3, 0.4) is 0 Å². The van der Waals surface area contributed by atoms with E-state index < -0.39 is 0 Å². The van der Waals surface area contributed by atoms with Gasteiger partial charge < -0.3 is 5.32 Å². The molecule has 0 radical (unpaired) electrons. The van der Waals surface area contributed by atoms with Crippen LogP contribution < -0.4 is 5.32 Å². The Bertz CT molecular complexity index is 1240. The third-order valence-electron chi connectivity index (χ3n) is 6.37. The lowest BCUT2D eigenvalue weighted by Gasteiger charge is -2.38. The molecule has 1 aromatic heterocycles. The van der Waals surface area contributed by atoms with E-state index in [4.69, 9.17) is 0 Å². The lowest BCUT2D eigenvalue weighted by atomic mass is 9.73. The number of ketones is 1. The highest BCUT2D eigenvalue weighted by molar-refractivity contribution is 6.00. The molecule has 2 aliphatic rings. The molecule has 32 heavy (non-hydrogen) atoms. The van der Waals surface area contributed by atoms with Gasteiger partial charge in [0.1, 0.15) is 11.9 Å². The first-order valence-electron chi connectivity index (χ1n) is 11.1. The second-order valence-electron chi connectivity index (χ2n) is 9.87. The Morgan fingerprint density at radius 3 is 2.50 bits per heavy atom. The smallest absolute Gasteiger partial charge is 0.226 e. The van der Waals surface area contributed by atoms with Gasteiger partial charge in [-0.3, -0.25) is 4.79 Å². The molecule has 1 atom stereocenters. The molecule has 6 heteroatoms. The van der Waals surface area contributed by atoms with E-state index in [9.17, 15) is 9.18 Å². The van der Waals surface area contributed by atoms with Gasteiger partial charge in [-0.1, -0.05) is 64.1 Å². The van der Waals surface area contributed by atoms with Crippen LogP contribution in [0, 0.1) is 11.2 Å². The minimum atomic E-state index is -0.390. The van der Waals surface area contributed by atoms with Crippen molar-refractivity contribution in [2.24, 2.45) is 5.41 Å². The Balaban J connectivity index is 1.67. The van der Waals surface area contributed by atoms with Gasteiger partial charge in [0.2, 0.25) is 5.95 Å². The van der Waals surface area contributed by atoms with Crippen molar-refractivity contribution in [1.82, 2.24) is 14.8 Å². The first-order chi connectivity index (χ1) is 15.2. The number of carbonyl (C=O) groups is 1. The van der Waals surface area contributed by atoms with Gasteiger partial charge in [-0.05, 0) is 41.0 Å². The number of nitrogens with zero attached hydrogens (tertiary/aromatic N) is 3. The van der Waals surface area contributed by atoms with Crippen LogP contribution in [-0.2, 0) is 4.79 Å². The van der Waals surface area contributed by atoms with Gasteiger partial charge in [0, 0.05) is 17.7 Å². The van der Waals surface area contributed by atoms with Crippen molar-refractivity contribution in [2.45, 2.75) is 52.5 Å². The topological polar surface area (TPSA) is 59.8 Å². The number of aromatic nitrogens is 3. The number of allylic oxidation sites excluding steroid dienone is 2. The van der Waals surface area contributed by atoms with Gasteiger partial charge in [-0.15, -0.1) is 5.10 Å². The van der Waals surface area contributed by atoms with E-state index in [1.165, 1.54) is 11.6 Å². The minimum Gasteiger partial charge on any atom is -0.328 e. The van der Waals surface area contributed by atoms with E-state index >= 15 is 0 Å². The quantitative estimate of drug-likeness (QED) is 0.565. The zero-order valence-corrected chi connectivity index (χ0v) is 18.8. The van der Waals surface area contributed by atoms with E-state index in [1.54, 1.807) is 22.9 Å². The first-order valence-corrected chi connectivity index (χ1v) is 11.1. The predicted octanol–water partition coefficient (Wildman–Crippen LogP) is 5.87. The Morgan fingerprint density at radius 1 is 1.09 bits per heavy atom. The number of rotatable bonds is 3. The van der Waals surface area contributed by atoms with Crippen LogP contribution in [0.15, 0.2) is 59.8 Å². The fourth-order valence-electron chi connectivity index (χ4n) is 4.74. The Kier molecular flexibility index (Phi) is 4.77. The Labute approximate surface area is 187 Å². The van der Waals surface area contributed by atoms with Crippen LogP contribution >= 0.6 is 0 Å².